The highest BCUT2D eigenvalue weighted by atomic mass is 79.9. The molecule has 2 rings (SSSR count). The maximum absolute atomic E-state index is 10.9. The highest BCUT2D eigenvalue weighted by Crippen LogP contribution is 2.23. The fourth-order valence-electron chi connectivity index (χ4n) is 1.23. The van der Waals surface area contributed by atoms with Crippen LogP contribution in [-0.4, -0.2) is 20.5 Å². The molecule has 0 atom stereocenters. The second-order valence-corrected chi connectivity index (χ2v) is 3.57. The van der Waals surface area contributed by atoms with Gasteiger partial charge in [-0.15, -0.1) is 0 Å². The lowest BCUT2D eigenvalue weighted by Gasteiger charge is -2.04. The van der Waals surface area contributed by atoms with Crippen LogP contribution < -0.4 is 5.73 Å². The van der Waals surface area contributed by atoms with Crippen molar-refractivity contribution in [1.82, 2.24) is 9.38 Å². The summed E-state index contributed by atoms with van der Waals surface area (Å²) in [5.74, 6) is -0.593. The largest absolute Gasteiger partial charge is 0.478 e. The lowest BCUT2D eigenvalue weighted by molar-refractivity contribution is 0.0698. The monoisotopic (exact) mass is 255 g/mol. The second kappa shape index (κ2) is 2.98. The first kappa shape index (κ1) is 9.01. The van der Waals surface area contributed by atoms with E-state index in [0.717, 1.165) is 0 Å². The van der Waals surface area contributed by atoms with E-state index in [9.17, 15) is 4.79 Å². The Bertz CT molecular complexity index is 521. The summed E-state index contributed by atoms with van der Waals surface area (Å²) in [5, 5.41) is 8.90. The number of pyridine rings is 1. The van der Waals surface area contributed by atoms with Crippen molar-refractivity contribution in [3.8, 4) is 0 Å². The number of anilines is 1. The van der Waals surface area contributed by atoms with Gasteiger partial charge in [0, 0.05) is 12.4 Å². The van der Waals surface area contributed by atoms with Gasteiger partial charge in [0.05, 0.1) is 4.47 Å². The quantitative estimate of drug-likeness (QED) is 0.807. The minimum Gasteiger partial charge on any atom is -0.478 e. The van der Waals surface area contributed by atoms with Crippen LogP contribution in [-0.2, 0) is 0 Å². The molecule has 0 unspecified atom stereocenters. The molecule has 14 heavy (non-hydrogen) atoms. The molecule has 0 spiro atoms. The molecule has 0 amide bonds. The molecule has 6 heteroatoms. The van der Waals surface area contributed by atoms with Crippen LogP contribution in [0.25, 0.3) is 5.65 Å². The van der Waals surface area contributed by atoms with E-state index in [1.165, 1.54) is 16.7 Å². The molecule has 0 aliphatic heterocycles. The standard InChI is InChI=1S/C8H6BrN3O2/c9-5-3-4(8(13)14)7-11-1-2-12(7)6(5)10/h1-3H,10H2,(H,13,14). The molecule has 5 nitrogen and oxygen atoms in total. The number of carboxylic acids is 1. The third-order valence-corrected chi connectivity index (χ3v) is 2.52. The van der Waals surface area contributed by atoms with Crippen molar-refractivity contribution in [3.63, 3.8) is 0 Å². The Morgan fingerprint density at radius 1 is 1.64 bits per heavy atom. The van der Waals surface area contributed by atoms with Crippen molar-refractivity contribution in [2.24, 2.45) is 0 Å². The summed E-state index contributed by atoms with van der Waals surface area (Å²) >= 11 is 3.18. The average Bonchev–Trinajstić information content (AvgIpc) is 2.59. The molecular formula is C8H6BrN3O2. The van der Waals surface area contributed by atoms with Gasteiger partial charge in [0.2, 0.25) is 0 Å². The number of aromatic nitrogens is 2. The predicted molar refractivity (Wildman–Crippen MR) is 54.3 cm³/mol. The molecule has 0 saturated carbocycles. The molecule has 0 saturated heterocycles. The van der Waals surface area contributed by atoms with E-state index in [1.54, 1.807) is 6.20 Å². The highest BCUT2D eigenvalue weighted by Gasteiger charge is 2.14. The van der Waals surface area contributed by atoms with Crippen LogP contribution in [0.4, 0.5) is 5.82 Å². The van der Waals surface area contributed by atoms with Crippen molar-refractivity contribution in [2.75, 3.05) is 5.73 Å². The summed E-state index contributed by atoms with van der Waals surface area (Å²) in [6.45, 7) is 0. The van der Waals surface area contributed by atoms with E-state index in [2.05, 4.69) is 20.9 Å². The summed E-state index contributed by atoms with van der Waals surface area (Å²) in [6.07, 6.45) is 3.12. The molecule has 2 aromatic heterocycles. The molecule has 0 fully saturated rings. The van der Waals surface area contributed by atoms with Gasteiger partial charge in [0.1, 0.15) is 11.4 Å². The van der Waals surface area contributed by atoms with Gasteiger partial charge in [0.15, 0.2) is 5.65 Å². The van der Waals surface area contributed by atoms with Gasteiger partial charge in [-0.3, -0.25) is 4.40 Å². The lowest BCUT2D eigenvalue weighted by Crippen LogP contribution is -2.05. The minimum absolute atomic E-state index is 0.121. The molecule has 2 heterocycles. The van der Waals surface area contributed by atoms with Crippen LogP contribution in [0.15, 0.2) is 22.9 Å². The van der Waals surface area contributed by atoms with Crippen LogP contribution in [0.2, 0.25) is 0 Å². The molecule has 0 bridgehead atoms. The molecule has 3 N–H and O–H groups in total. The van der Waals surface area contributed by atoms with E-state index in [1.807, 2.05) is 0 Å². The normalized spacial score (nSPS) is 10.6. The van der Waals surface area contributed by atoms with Gasteiger partial charge in [-0.2, -0.15) is 0 Å². The fraction of sp³-hybridized carbons (Fsp3) is 0. The van der Waals surface area contributed by atoms with Crippen molar-refractivity contribution >= 4 is 33.4 Å². The van der Waals surface area contributed by atoms with Gasteiger partial charge in [-0.25, -0.2) is 9.78 Å². The zero-order chi connectivity index (χ0) is 10.3. The van der Waals surface area contributed by atoms with E-state index in [-0.39, 0.29) is 5.56 Å². The lowest BCUT2D eigenvalue weighted by atomic mass is 10.2. The van der Waals surface area contributed by atoms with Crippen LogP contribution in [0.3, 0.4) is 0 Å². The van der Waals surface area contributed by atoms with Crippen molar-refractivity contribution in [1.29, 1.82) is 0 Å². The number of halogens is 1. The van der Waals surface area contributed by atoms with Gasteiger partial charge in [-0.1, -0.05) is 0 Å². The second-order valence-electron chi connectivity index (χ2n) is 2.72. The number of hydrogen-bond acceptors (Lipinski definition) is 3. The number of carboxylic acid groups (broad SMARTS) is 1. The van der Waals surface area contributed by atoms with E-state index in [4.69, 9.17) is 10.8 Å². The maximum Gasteiger partial charge on any atom is 0.339 e. The number of aromatic carboxylic acids is 1. The molecule has 72 valence electrons. The molecule has 0 aliphatic rings. The summed E-state index contributed by atoms with van der Waals surface area (Å²) in [5.41, 5.74) is 6.18. The number of nitrogens with zero attached hydrogens (tertiary/aromatic N) is 2. The number of hydrogen-bond donors (Lipinski definition) is 2. The number of imidazole rings is 1. The van der Waals surface area contributed by atoms with E-state index >= 15 is 0 Å². The van der Waals surface area contributed by atoms with Gasteiger partial charge in [0.25, 0.3) is 0 Å². The predicted octanol–water partition coefficient (Wildman–Crippen LogP) is 1.38. The SMILES string of the molecule is Nc1c(Br)cc(C(=O)O)c2nccn12. The summed E-state index contributed by atoms with van der Waals surface area (Å²) in [6, 6.07) is 1.44. The molecule has 2 aromatic rings. The number of nitrogen functional groups attached to an aromatic ring is 1. The summed E-state index contributed by atoms with van der Waals surface area (Å²) < 4.78 is 2.06. The Kier molecular flexibility index (Phi) is 1.92. The average molecular weight is 256 g/mol. The smallest absolute Gasteiger partial charge is 0.339 e. The first-order valence-corrected chi connectivity index (χ1v) is 4.55. The topological polar surface area (TPSA) is 80.6 Å². The number of rotatable bonds is 1. The van der Waals surface area contributed by atoms with Gasteiger partial charge >= 0.3 is 5.97 Å². The zero-order valence-electron chi connectivity index (χ0n) is 6.94. The first-order valence-electron chi connectivity index (χ1n) is 3.75. The Morgan fingerprint density at radius 3 is 3.00 bits per heavy atom. The van der Waals surface area contributed by atoms with Crippen LogP contribution >= 0.6 is 15.9 Å². The highest BCUT2D eigenvalue weighted by molar-refractivity contribution is 9.10. The van der Waals surface area contributed by atoms with E-state index < -0.39 is 5.97 Å². The summed E-state index contributed by atoms with van der Waals surface area (Å²) in [7, 11) is 0. The van der Waals surface area contributed by atoms with Crippen LogP contribution in [0.5, 0.6) is 0 Å². The van der Waals surface area contributed by atoms with Crippen LogP contribution in [0.1, 0.15) is 10.4 Å². The van der Waals surface area contributed by atoms with Crippen molar-refractivity contribution in [2.45, 2.75) is 0 Å². The Labute approximate surface area is 87.3 Å². The third-order valence-electron chi connectivity index (χ3n) is 1.89. The number of nitrogens with two attached hydrogens (primary N) is 1. The Morgan fingerprint density at radius 2 is 2.36 bits per heavy atom. The fourth-order valence-corrected chi connectivity index (χ4v) is 1.65. The maximum atomic E-state index is 10.9. The first-order chi connectivity index (χ1) is 6.61. The molecule has 0 aromatic carbocycles. The van der Waals surface area contributed by atoms with Crippen LogP contribution in [0, 0.1) is 0 Å². The Hall–Kier alpha value is -1.56. The molecular weight excluding hydrogens is 250 g/mol. The van der Waals surface area contributed by atoms with Gasteiger partial charge < -0.3 is 10.8 Å². The van der Waals surface area contributed by atoms with Crippen molar-refractivity contribution < 1.29 is 9.90 Å². The minimum atomic E-state index is -1.03. The van der Waals surface area contributed by atoms with Crippen molar-refractivity contribution in [3.05, 3.63) is 28.5 Å². The molecule has 0 radical (unpaired) electrons. The zero-order valence-corrected chi connectivity index (χ0v) is 8.52. The Balaban J connectivity index is 2.91. The van der Waals surface area contributed by atoms with E-state index in [0.29, 0.717) is 15.9 Å². The summed E-state index contributed by atoms with van der Waals surface area (Å²) in [4.78, 5) is 14.8. The number of fused-ring (bicyclic) bond motifs is 1. The third kappa shape index (κ3) is 1.15. The number of carbonyl (C=O) groups is 1. The van der Waals surface area contributed by atoms with Gasteiger partial charge in [-0.05, 0) is 22.0 Å². The molecule has 0 aliphatic carbocycles.